The Morgan fingerprint density at radius 2 is 1.92 bits per heavy atom. The van der Waals surface area contributed by atoms with Crippen molar-refractivity contribution >= 4 is 17.3 Å². The Kier molecular flexibility index (Phi) is 4.51. The lowest BCUT2D eigenvalue weighted by Gasteiger charge is -2.24. The second kappa shape index (κ2) is 6.95. The second-order valence-electron chi connectivity index (χ2n) is 6.27. The molecule has 0 spiro atoms. The van der Waals surface area contributed by atoms with Gasteiger partial charge in [-0.25, -0.2) is 0 Å². The summed E-state index contributed by atoms with van der Waals surface area (Å²) in [5.41, 5.74) is 4.76. The van der Waals surface area contributed by atoms with Crippen molar-refractivity contribution in [3.8, 4) is 5.69 Å². The number of rotatable bonds is 4. The van der Waals surface area contributed by atoms with Crippen LogP contribution in [0.1, 0.15) is 24.3 Å². The van der Waals surface area contributed by atoms with Crippen LogP contribution in [0, 0.1) is 0 Å². The van der Waals surface area contributed by atoms with Gasteiger partial charge in [-0.3, -0.25) is 0 Å². The minimum absolute atomic E-state index is 0.0482. The summed E-state index contributed by atoms with van der Waals surface area (Å²) >= 11 is 6.11. The highest BCUT2D eigenvalue weighted by molar-refractivity contribution is 6.30. The van der Waals surface area contributed by atoms with E-state index in [0.29, 0.717) is 0 Å². The van der Waals surface area contributed by atoms with Crippen LogP contribution in [0.2, 0.25) is 5.02 Å². The summed E-state index contributed by atoms with van der Waals surface area (Å²) in [6.45, 7) is 3.82. The maximum atomic E-state index is 6.11. The van der Waals surface area contributed by atoms with Crippen molar-refractivity contribution in [1.29, 1.82) is 0 Å². The summed E-state index contributed by atoms with van der Waals surface area (Å²) in [5.74, 6) is 0. The SMILES string of the molecule is CCc1ccc(N2CCO[C@@H]2c2ccn(-c3cccc(Cl)c3)c2)cc1. The molecule has 0 N–H and O–H groups in total. The standard InChI is InChI=1S/C21H21ClN2O/c1-2-16-6-8-19(9-7-16)24-12-13-25-21(24)17-10-11-23(15-17)20-5-3-4-18(22)14-20/h3-11,14-15,21H,2,12-13H2,1H3/t21-/m1/s1. The van der Waals surface area contributed by atoms with Crippen LogP contribution in [-0.4, -0.2) is 17.7 Å². The minimum Gasteiger partial charge on any atom is -0.352 e. The molecular formula is C21H21ClN2O. The zero-order chi connectivity index (χ0) is 17.2. The molecule has 0 saturated carbocycles. The van der Waals surface area contributed by atoms with E-state index < -0.39 is 0 Å². The Bertz CT molecular complexity index is 856. The molecule has 1 aliphatic rings. The van der Waals surface area contributed by atoms with E-state index in [4.69, 9.17) is 16.3 Å². The maximum Gasteiger partial charge on any atom is 0.158 e. The van der Waals surface area contributed by atoms with Gasteiger partial charge in [0.05, 0.1) is 6.61 Å². The molecule has 0 aliphatic carbocycles. The Morgan fingerprint density at radius 1 is 1.08 bits per heavy atom. The number of aromatic nitrogens is 1. The fraction of sp³-hybridized carbons (Fsp3) is 0.238. The van der Waals surface area contributed by atoms with Crippen molar-refractivity contribution in [2.75, 3.05) is 18.1 Å². The first kappa shape index (κ1) is 16.2. The predicted molar refractivity (Wildman–Crippen MR) is 103 cm³/mol. The van der Waals surface area contributed by atoms with Crippen LogP contribution in [0.5, 0.6) is 0 Å². The van der Waals surface area contributed by atoms with Gasteiger partial charge in [0.1, 0.15) is 0 Å². The zero-order valence-corrected chi connectivity index (χ0v) is 15.0. The van der Waals surface area contributed by atoms with Crippen molar-refractivity contribution in [3.63, 3.8) is 0 Å². The van der Waals surface area contributed by atoms with E-state index in [1.165, 1.54) is 11.3 Å². The largest absolute Gasteiger partial charge is 0.352 e. The molecule has 1 aromatic heterocycles. The van der Waals surface area contributed by atoms with Gasteiger partial charge >= 0.3 is 0 Å². The van der Waals surface area contributed by atoms with E-state index in [-0.39, 0.29) is 6.23 Å². The maximum absolute atomic E-state index is 6.11. The van der Waals surface area contributed by atoms with E-state index in [9.17, 15) is 0 Å². The van der Waals surface area contributed by atoms with Gasteiger partial charge in [0, 0.05) is 40.9 Å². The third kappa shape index (κ3) is 3.30. The predicted octanol–water partition coefficient (Wildman–Crippen LogP) is 5.23. The van der Waals surface area contributed by atoms with Gasteiger partial charge in [-0.1, -0.05) is 36.7 Å². The number of anilines is 1. The summed E-state index contributed by atoms with van der Waals surface area (Å²) < 4.78 is 8.11. The second-order valence-corrected chi connectivity index (χ2v) is 6.70. The monoisotopic (exact) mass is 352 g/mol. The highest BCUT2D eigenvalue weighted by Gasteiger charge is 2.27. The van der Waals surface area contributed by atoms with Crippen LogP contribution in [0.4, 0.5) is 5.69 Å². The first-order valence-electron chi connectivity index (χ1n) is 8.65. The number of ether oxygens (including phenoxy) is 1. The van der Waals surface area contributed by atoms with Crippen molar-refractivity contribution in [2.24, 2.45) is 0 Å². The molecule has 4 heteroatoms. The van der Waals surface area contributed by atoms with Gasteiger partial charge < -0.3 is 14.2 Å². The minimum atomic E-state index is -0.0482. The van der Waals surface area contributed by atoms with Crippen LogP contribution < -0.4 is 4.90 Å². The molecule has 25 heavy (non-hydrogen) atoms. The summed E-state index contributed by atoms with van der Waals surface area (Å²) in [6.07, 6.45) is 5.19. The molecular weight excluding hydrogens is 332 g/mol. The number of benzene rings is 2. The molecule has 2 aromatic carbocycles. The zero-order valence-electron chi connectivity index (χ0n) is 14.2. The molecule has 1 fully saturated rings. The van der Waals surface area contributed by atoms with E-state index in [0.717, 1.165) is 35.8 Å². The van der Waals surface area contributed by atoms with Crippen LogP contribution in [0.15, 0.2) is 67.0 Å². The molecule has 4 rings (SSSR count). The summed E-state index contributed by atoms with van der Waals surface area (Å²) in [7, 11) is 0. The van der Waals surface area contributed by atoms with Crippen molar-refractivity contribution in [1.82, 2.24) is 4.57 Å². The molecule has 1 aliphatic heterocycles. The van der Waals surface area contributed by atoms with Gasteiger partial charge in [0.25, 0.3) is 0 Å². The van der Waals surface area contributed by atoms with Crippen LogP contribution in [0.25, 0.3) is 5.69 Å². The summed E-state index contributed by atoms with van der Waals surface area (Å²) in [5, 5.41) is 0.738. The van der Waals surface area contributed by atoms with Gasteiger partial charge in [0.2, 0.25) is 0 Å². The van der Waals surface area contributed by atoms with Crippen molar-refractivity contribution in [3.05, 3.63) is 83.1 Å². The molecule has 2 heterocycles. The lowest BCUT2D eigenvalue weighted by Crippen LogP contribution is -2.22. The normalized spacial score (nSPS) is 17.2. The van der Waals surface area contributed by atoms with E-state index in [1.807, 2.05) is 24.3 Å². The highest BCUT2D eigenvalue weighted by atomic mass is 35.5. The number of halogens is 1. The van der Waals surface area contributed by atoms with E-state index >= 15 is 0 Å². The molecule has 3 nitrogen and oxygen atoms in total. The van der Waals surface area contributed by atoms with Crippen LogP contribution in [0.3, 0.4) is 0 Å². The molecule has 0 unspecified atom stereocenters. The summed E-state index contributed by atoms with van der Waals surface area (Å²) in [4.78, 5) is 2.32. The number of hydrogen-bond donors (Lipinski definition) is 0. The molecule has 128 valence electrons. The smallest absolute Gasteiger partial charge is 0.158 e. The van der Waals surface area contributed by atoms with Crippen molar-refractivity contribution in [2.45, 2.75) is 19.6 Å². The topological polar surface area (TPSA) is 17.4 Å². The fourth-order valence-corrected chi connectivity index (χ4v) is 3.47. The van der Waals surface area contributed by atoms with E-state index in [2.05, 4.69) is 59.1 Å². The van der Waals surface area contributed by atoms with Gasteiger partial charge in [-0.2, -0.15) is 0 Å². The number of hydrogen-bond acceptors (Lipinski definition) is 2. The van der Waals surface area contributed by atoms with Crippen LogP contribution in [-0.2, 0) is 11.2 Å². The average Bonchev–Trinajstić information content (AvgIpc) is 3.31. The lowest BCUT2D eigenvalue weighted by molar-refractivity contribution is 0.114. The fourth-order valence-electron chi connectivity index (χ4n) is 3.29. The Hall–Kier alpha value is -2.23. The quantitative estimate of drug-likeness (QED) is 0.639. The van der Waals surface area contributed by atoms with Gasteiger partial charge in [0.15, 0.2) is 6.23 Å². The molecule has 0 radical (unpaired) electrons. The molecule has 0 bridgehead atoms. The number of aryl methyl sites for hydroxylation is 1. The molecule has 3 aromatic rings. The first-order chi connectivity index (χ1) is 12.2. The lowest BCUT2D eigenvalue weighted by atomic mass is 10.1. The Labute approximate surface area is 153 Å². The van der Waals surface area contributed by atoms with Gasteiger partial charge in [-0.15, -0.1) is 0 Å². The summed E-state index contributed by atoms with van der Waals surface area (Å²) in [6, 6.07) is 18.7. The molecule has 1 saturated heterocycles. The van der Waals surface area contributed by atoms with E-state index in [1.54, 1.807) is 0 Å². The molecule has 0 amide bonds. The Balaban J connectivity index is 1.60. The first-order valence-corrected chi connectivity index (χ1v) is 9.03. The average molecular weight is 353 g/mol. The van der Waals surface area contributed by atoms with Gasteiger partial charge in [-0.05, 0) is 48.4 Å². The third-order valence-corrected chi connectivity index (χ3v) is 4.91. The van der Waals surface area contributed by atoms with Crippen molar-refractivity contribution < 1.29 is 4.74 Å². The highest BCUT2D eigenvalue weighted by Crippen LogP contribution is 2.33. The Morgan fingerprint density at radius 3 is 2.68 bits per heavy atom. The molecule has 1 atom stereocenters. The number of nitrogens with zero attached hydrogens (tertiary/aromatic N) is 2. The van der Waals surface area contributed by atoms with Crippen LogP contribution >= 0.6 is 11.6 Å². The third-order valence-electron chi connectivity index (χ3n) is 4.67.